The van der Waals surface area contributed by atoms with E-state index in [1.807, 2.05) is 0 Å². The van der Waals surface area contributed by atoms with Crippen LogP contribution in [0.3, 0.4) is 0 Å². The first kappa shape index (κ1) is 16.8. The van der Waals surface area contributed by atoms with Gasteiger partial charge >= 0.3 is 5.97 Å². The molecular formula is C17H19NO5. The Hall–Kier alpha value is -2.60. The van der Waals surface area contributed by atoms with E-state index >= 15 is 0 Å². The maximum Gasteiger partial charge on any atom is 0.379 e. The van der Waals surface area contributed by atoms with E-state index in [1.54, 1.807) is 45.3 Å². The molecule has 0 saturated carbocycles. The van der Waals surface area contributed by atoms with Gasteiger partial charge in [0.05, 0.1) is 0 Å². The average Bonchev–Trinajstić information content (AvgIpc) is 2.97. The van der Waals surface area contributed by atoms with Gasteiger partial charge in [-0.1, -0.05) is 6.07 Å². The Morgan fingerprint density at radius 3 is 2.57 bits per heavy atom. The molecule has 0 atom stereocenters. The Labute approximate surface area is 134 Å². The number of benzene rings is 1. The summed E-state index contributed by atoms with van der Waals surface area (Å²) in [5.74, 6) is 0.161. The van der Waals surface area contributed by atoms with Crippen molar-refractivity contribution in [3.8, 4) is 5.75 Å². The summed E-state index contributed by atoms with van der Waals surface area (Å²) in [6.45, 7) is 2.07. The number of aryl methyl sites for hydroxylation is 1. The van der Waals surface area contributed by atoms with Crippen LogP contribution in [0.4, 0.5) is 0 Å². The summed E-state index contributed by atoms with van der Waals surface area (Å²) in [6.07, 6.45) is 0. The van der Waals surface area contributed by atoms with Crippen LogP contribution in [0.25, 0.3) is 0 Å². The lowest BCUT2D eigenvalue weighted by atomic mass is 10.1. The van der Waals surface area contributed by atoms with Crippen molar-refractivity contribution >= 4 is 11.9 Å². The van der Waals surface area contributed by atoms with Crippen molar-refractivity contribution in [2.75, 3.05) is 21.2 Å². The zero-order valence-corrected chi connectivity index (χ0v) is 13.6. The first-order valence-electron chi connectivity index (χ1n) is 7.04. The van der Waals surface area contributed by atoms with E-state index in [4.69, 9.17) is 13.9 Å². The zero-order valence-electron chi connectivity index (χ0n) is 13.6. The number of ether oxygens (including phenoxy) is 2. The molecule has 0 aliphatic heterocycles. The van der Waals surface area contributed by atoms with Gasteiger partial charge in [-0.05, 0) is 36.8 Å². The first-order valence-corrected chi connectivity index (χ1v) is 7.04. The molecule has 0 saturated heterocycles. The number of carbonyl (C=O) groups excluding carboxylic acids is 2. The third-order valence-corrected chi connectivity index (χ3v) is 3.19. The predicted molar refractivity (Wildman–Crippen MR) is 83.6 cm³/mol. The molecular weight excluding hydrogens is 298 g/mol. The minimum atomic E-state index is -0.620. The van der Waals surface area contributed by atoms with Crippen LogP contribution >= 0.6 is 0 Å². The van der Waals surface area contributed by atoms with Crippen LogP contribution in [0.5, 0.6) is 5.75 Å². The number of carbonyl (C=O) groups is 2. The van der Waals surface area contributed by atoms with Crippen molar-refractivity contribution in [2.45, 2.75) is 13.5 Å². The fraction of sp³-hybridized carbons (Fsp3) is 0.294. The Bertz CT molecular complexity index is 718. The van der Waals surface area contributed by atoms with Crippen molar-refractivity contribution in [3.63, 3.8) is 0 Å². The number of hydrogen-bond acceptors (Lipinski definition) is 5. The van der Waals surface area contributed by atoms with Gasteiger partial charge in [0.25, 0.3) is 5.91 Å². The summed E-state index contributed by atoms with van der Waals surface area (Å²) in [5.41, 5.74) is 1.19. The molecule has 0 fully saturated rings. The number of methoxy groups -OCH3 is 1. The van der Waals surface area contributed by atoms with Crippen molar-refractivity contribution in [1.29, 1.82) is 0 Å². The van der Waals surface area contributed by atoms with Crippen LogP contribution in [0.2, 0.25) is 0 Å². The molecule has 122 valence electrons. The third kappa shape index (κ3) is 3.98. The van der Waals surface area contributed by atoms with Crippen LogP contribution in [-0.2, 0) is 11.3 Å². The largest absolute Gasteiger partial charge is 0.452 e. The zero-order chi connectivity index (χ0) is 17.0. The highest BCUT2D eigenvalue weighted by molar-refractivity contribution is 5.95. The molecule has 23 heavy (non-hydrogen) atoms. The van der Waals surface area contributed by atoms with Gasteiger partial charge in [0.15, 0.2) is 0 Å². The lowest BCUT2D eigenvalue weighted by molar-refractivity contribution is 0.0690. The molecule has 1 amide bonds. The summed E-state index contributed by atoms with van der Waals surface area (Å²) in [7, 11) is 4.86. The van der Waals surface area contributed by atoms with Crippen molar-refractivity contribution < 1.29 is 23.5 Å². The highest BCUT2D eigenvalue weighted by Gasteiger charge is 2.17. The van der Waals surface area contributed by atoms with Crippen molar-refractivity contribution in [1.82, 2.24) is 4.90 Å². The molecule has 1 aromatic heterocycles. The number of amides is 1. The fourth-order valence-corrected chi connectivity index (χ4v) is 1.96. The lowest BCUT2D eigenvalue weighted by Crippen LogP contribution is -2.21. The maximum atomic E-state index is 12.1. The van der Waals surface area contributed by atoms with Gasteiger partial charge < -0.3 is 18.8 Å². The van der Waals surface area contributed by atoms with Gasteiger partial charge in [-0.15, -0.1) is 0 Å². The van der Waals surface area contributed by atoms with Crippen LogP contribution in [-0.4, -0.2) is 38.0 Å². The molecule has 0 aliphatic rings. The SMILES string of the molecule is COCc1ccc(C(=O)Oc2cc(C(=O)N(C)C)ccc2C)o1. The molecule has 6 nitrogen and oxygen atoms in total. The maximum absolute atomic E-state index is 12.1. The average molecular weight is 317 g/mol. The Balaban J connectivity index is 2.19. The van der Waals surface area contributed by atoms with Gasteiger partial charge in [0.1, 0.15) is 18.1 Å². The number of nitrogens with zero attached hydrogens (tertiary/aromatic N) is 1. The van der Waals surface area contributed by atoms with E-state index in [2.05, 4.69) is 0 Å². The molecule has 0 aliphatic carbocycles. The molecule has 0 spiro atoms. The van der Waals surface area contributed by atoms with E-state index in [1.165, 1.54) is 18.1 Å². The summed E-state index contributed by atoms with van der Waals surface area (Å²) in [4.78, 5) is 25.6. The number of esters is 1. The Kier molecular flexibility index (Phi) is 5.18. The second-order valence-electron chi connectivity index (χ2n) is 5.27. The molecule has 2 rings (SSSR count). The van der Waals surface area contributed by atoms with Crippen LogP contribution < -0.4 is 4.74 Å². The number of rotatable bonds is 5. The van der Waals surface area contributed by atoms with Crippen LogP contribution in [0.15, 0.2) is 34.7 Å². The molecule has 2 aromatic rings. The normalized spacial score (nSPS) is 10.4. The topological polar surface area (TPSA) is 69.0 Å². The number of furan rings is 1. The van der Waals surface area contributed by atoms with Gasteiger partial charge in [0.2, 0.25) is 5.76 Å². The highest BCUT2D eigenvalue weighted by atomic mass is 16.5. The highest BCUT2D eigenvalue weighted by Crippen LogP contribution is 2.22. The molecule has 0 bridgehead atoms. The van der Waals surface area contributed by atoms with E-state index < -0.39 is 5.97 Å². The second-order valence-corrected chi connectivity index (χ2v) is 5.27. The molecule has 6 heteroatoms. The van der Waals surface area contributed by atoms with Gasteiger partial charge in [-0.2, -0.15) is 0 Å². The van der Waals surface area contributed by atoms with Gasteiger partial charge in [-0.25, -0.2) is 4.79 Å². The minimum absolute atomic E-state index is 0.0841. The van der Waals surface area contributed by atoms with Crippen LogP contribution in [0, 0.1) is 6.92 Å². The minimum Gasteiger partial charge on any atom is -0.452 e. The van der Waals surface area contributed by atoms with E-state index in [0.717, 1.165) is 5.56 Å². The third-order valence-electron chi connectivity index (χ3n) is 3.19. The quantitative estimate of drug-likeness (QED) is 0.626. The molecule has 0 unspecified atom stereocenters. The van der Waals surface area contributed by atoms with E-state index in [-0.39, 0.29) is 18.3 Å². The van der Waals surface area contributed by atoms with Crippen LogP contribution in [0.1, 0.15) is 32.2 Å². The summed E-state index contributed by atoms with van der Waals surface area (Å²) >= 11 is 0. The molecule has 0 radical (unpaired) electrons. The first-order chi connectivity index (χ1) is 10.9. The Morgan fingerprint density at radius 2 is 1.91 bits per heavy atom. The van der Waals surface area contributed by atoms with Gasteiger partial charge in [0, 0.05) is 26.8 Å². The fourth-order valence-electron chi connectivity index (χ4n) is 1.96. The second kappa shape index (κ2) is 7.11. The lowest BCUT2D eigenvalue weighted by Gasteiger charge is -2.12. The molecule has 1 heterocycles. The monoisotopic (exact) mass is 317 g/mol. The summed E-state index contributed by atoms with van der Waals surface area (Å²) < 4.78 is 15.6. The summed E-state index contributed by atoms with van der Waals surface area (Å²) in [5, 5.41) is 0. The Morgan fingerprint density at radius 1 is 1.17 bits per heavy atom. The number of hydrogen-bond donors (Lipinski definition) is 0. The summed E-state index contributed by atoms with van der Waals surface area (Å²) in [6, 6.07) is 8.16. The van der Waals surface area contributed by atoms with E-state index in [0.29, 0.717) is 17.1 Å². The van der Waals surface area contributed by atoms with Crippen molar-refractivity contribution in [2.24, 2.45) is 0 Å². The van der Waals surface area contributed by atoms with Crippen molar-refractivity contribution in [3.05, 3.63) is 53.0 Å². The predicted octanol–water partition coefficient (Wildman–Crippen LogP) is 2.66. The molecule has 1 aromatic carbocycles. The molecule has 0 N–H and O–H groups in total. The smallest absolute Gasteiger partial charge is 0.379 e. The standard InChI is InChI=1S/C17H19NO5/c1-11-5-6-12(16(19)18(2)3)9-15(11)23-17(20)14-8-7-13(22-14)10-21-4/h5-9H,10H2,1-4H3. The van der Waals surface area contributed by atoms with Gasteiger partial charge in [-0.3, -0.25) is 4.79 Å². The van der Waals surface area contributed by atoms with E-state index in [9.17, 15) is 9.59 Å².